The zero-order valence-corrected chi connectivity index (χ0v) is 15.6. The highest BCUT2D eigenvalue weighted by Gasteiger charge is 2.31. The summed E-state index contributed by atoms with van der Waals surface area (Å²) in [6.07, 6.45) is 0. The van der Waals surface area contributed by atoms with E-state index >= 15 is 0 Å². The van der Waals surface area contributed by atoms with E-state index in [1.807, 2.05) is 12.1 Å². The van der Waals surface area contributed by atoms with E-state index in [-0.39, 0.29) is 4.83 Å². The zero-order chi connectivity index (χ0) is 14.3. The van der Waals surface area contributed by atoms with Crippen LogP contribution in [0.25, 0.3) is 0 Å². The van der Waals surface area contributed by atoms with Gasteiger partial charge in [0.25, 0.3) is 0 Å². The molecule has 2 aromatic rings. The Labute approximate surface area is 144 Å². The van der Waals surface area contributed by atoms with Crippen molar-refractivity contribution in [2.24, 2.45) is 0 Å². The summed E-state index contributed by atoms with van der Waals surface area (Å²) < 4.78 is 8.05. The van der Waals surface area contributed by atoms with Crippen molar-refractivity contribution in [3.05, 3.63) is 62.0 Å². The Balaban J connectivity index is 1.98. The van der Waals surface area contributed by atoms with Crippen LogP contribution in [0.1, 0.15) is 27.4 Å². The van der Waals surface area contributed by atoms with Gasteiger partial charge >= 0.3 is 0 Å². The quantitative estimate of drug-likeness (QED) is 0.490. The summed E-state index contributed by atoms with van der Waals surface area (Å²) in [5.41, 5.74) is 3.74. The lowest BCUT2D eigenvalue weighted by molar-refractivity contribution is 0.329. The molecule has 0 aliphatic carbocycles. The molecule has 20 heavy (non-hydrogen) atoms. The minimum atomic E-state index is 0.220. The first-order chi connectivity index (χ1) is 9.58. The van der Waals surface area contributed by atoms with Gasteiger partial charge < -0.3 is 4.74 Å². The topological polar surface area (TPSA) is 9.23 Å². The van der Waals surface area contributed by atoms with Crippen molar-refractivity contribution in [1.82, 2.24) is 0 Å². The van der Waals surface area contributed by atoms with Gasteiger partial charge in [-0.25, -0.2) is 0 Å². The normalized spacial score (nSPS) is 18.5. The van der Waals surface area contributed by atoms with Gasteiger partial charge in [-0.2, -0.15) is 0 Å². The fraction of sp³-hybridized carbons (Fsp3) is 0.250. The lowest BCUT2D eigenvalue weighted by atomic mass is 9.93. The highest BCUT2D eigenvalue weighted by molar-refractivity contribution is 9.11. The van der Waals surface area contributed by atoms with Crippen molar-refractivity contribution in [2.75, 3.05) is 6.61 Å². The van der Waals surface area contributed by atoms with Crippen molar-refractivity contribution in [3.8, 4) is 5.75 Å². The average Bonchev–Trinajstić information content (AvgIpc) is 2.86. The van der Waals surface area contributed by atoms with Crippen LogP contribution in [0, 0.1) is 6.92 Å². The van der Waals surface area contributed by atoms with E-state index in [1.165, 1.54) is 16.7 Å². The van der Waals surface area contributed by atoms with Crippen molar-refractivity contribution in [2.45, 2.75) is 17.7 Å². The Morgan fingerprint density at radius 3 is 2.70 bits per heavy atom. The summed E-state index contributed by atoms with van der Waals surface area (Å²) in [5.74, 6) is 1.33. The molecular weight excluding hydrogens is 448 g/mol. The Bertz CT molecular complexity index is 654. The van der Waals surface area contributed by atoms with E-state index in [4.69, 9.17) is 4.74 Å². The summed E-state index contributed by atoms with van der Waals surface area (Å²) in [5, 5.41) is 0. The molecule has 2 aromatic carbocycles. The summed E-state index contributed by atoms with van der Waals surface area (Å²) >= 11 is 11.2. The lowest BCUT2D eigenvalue weighted by Crippen LogP contribution is -2.08. The number of hydrogen-bond acceptors (Lipinski definition) is 1. The smallest absolute Gasteiger partial charge is 0.122 e. The number of alkyl halides is 1. The van der Waals surface area contributed by atoms with Gasteiger partial charge in [0.05, 0.1) is 11.4 Å². The number of halogens is 3. The molecule has 0 N–H and O–H groups in total. The van der Waals surface area contributed by atoms with Crippen molar-refractivity contribution in [1.29, 1.82) is 0 Å². The van der Waals surface area contributed by atoms with Crippen LogP contribution in [0.5, 0.6) is 5.75 Å². The number of aryl methyl sites for hydroxylation is 1. The molecule has 0 amide bonds. The maximum absolute atomic E-state index is 5.79. The minimum Gasteiger partial charge on any atom is -0.493 e. The van der Waals surface area contributed by atoms with Crippen LogP contribution in [-0.2, 0) is 0 Å². The molecule has 3 rings (SSSR count). The van der Waals surface area contributed by atoms with E-state index in [1.54, 1.807) is 0 Å². The predicted octanol–water partition coefficient (Wildman–Crippen LogP) is 6.13. The highest BCUT2D eigenvalue weighted by atomic mass is 79.9. The molecule has 0 spiro atoms. The number of fused-ring (bicyclic) bond motifs is 1. The molecule has 0 saturated heterocycles. The molecule has 1 heterocycles. The molecule has 4 heteroatoms. The number of para-hydroxylation sites is 1. The largest absolute Gasteiger partial charge is 0.493 e. The molecule has 1 nitrogen and oxygen atoms in total. The Kier molecular flexibility index (Phi) is 4.25. The van der Waals surface area contributed by atoms with Crippen molar-refractivity contribution in [3.63, 3.8) is 0 Å². The number of rotatable bonds is 2. The molecule has 1 aliphatic heterocycles. The Morgan fingerprint density at radius 1 is 1.15 bits per heavy atom. The molecule has 0 saturated carbocycles. The second-order valence-electron chi connectivity index (χ2n) is 4.98. The fourth-order valence-corrected chi connectivity index (χ4v) is 4.71. The number of ether oxygens (including phenoxy) is 1. The third kappa shape index (κ3) is 2.58. The van der Waals surface area contributed by atoms with Crippen LogP contribution in [0.3, 0.4) is 0 Å². The summed E-state index contributed by atoms with van der Waals surface area (Å²) in [6, 6.07) is 12.6. The average molecular weight is 461 g/mol. The predicted molar refractivity (Wildman–Crippen MR) is 92.9 cm³/mol. The maximum Gasteiger partial charge on any atom is 0.122 e. The molecule has 0 radical (unpaired) electrons. The summed E-state index contributed by atoms with van der Waals surface area (Å²) in [6.45, 7) is 2.81. The van der Waals surface area contributed by atoms with Gasteiger partial charge in [0, 0.05) is 20.4 Å². The van der Waals surface area contributed by atoms with Gasteiger partial charge in [0.2, 0.25) is 0 Å². The van der Waals surface area contributed by atoms with Crippen LogP contribution >= 0.6 is 47.8 Å². The molecular formula is C16H13Br3O. The van der Waals surface area contributed by atoms with E-state index < -0.39 is 0 Å². The standard InChI is InChI=1S/C16H13Br3O/c1-9-6-14(18)11(7-13(9)17)16(19)12-8-20-15-5-3-2-4-10(12)15/h2-7,12,16H,8H2,1H3. The molecule has 2 unspecified atom stereocenters. The summed E-state index contributed by atoms with van der Waals surface area (Å²) in [4.78, 5) is 0.220. The van der Waals surface area contributed by atoms with Crippen LogP contribution in [-0.4, -0.2) is 6.61 Å². The summed E-state index contributed by atoms with van der Waals surface area (Å²) in [7, 11) is 0. The monoisotopic (exact) mass is 458 g/mol. The van der Waals surface area contributed by atoms with Gasteiger partial charge in [0.1, 0.15) is 5.75 Å². The highest BCUT2D eigenvalue weighted by Crippen LogP contribution is 2.47. The van der Waals surface area contributed by atoms with Gasteiger partial charge in [-0.05, 0) is 36.2 Å². The van der Waals surface area contributed by atoms with Gasteiger partial charge in [-0.15, -0.1) is 0 Å². The van der Waals surface area contributed by atoms with Gasteiger partial charge in [0.15, 0.2) is 0 Å². The van der Waals surface area contributed by atoms with E-state index in [9.17, 15) is 0 Å². The Morgan fingerprint density at radius 2 is 1.90 bits per heavy atom. The van der Waals surface area contributed by atoms with Crippen molar-refractivity contribution >= 4 is 47.8 Å². The molecule has 0 bridgehead atoms. The van der Waals surface area contributed by atoms with Gasteiger partial charge in [-0.1, -0.05) is 66.0 Å². The van der Waals surface area contributed by atoms with E-state index in [0.717, 1.165) is 14.7 Å². The van der Waals surface area contributed by atoms with Crippen LogP contribution in [0.15, 0.2) is 45.3 Å². The second-order valence-corrected chi connectivity index (χ2v) is 7.68. The molecule has 2 atom stereocenters. The van der Waals surface area contributed by atoms with Crippen molar-refractivity contribution < 1.29 is 4.74 Å². The Hall–Kier alpha value is -0.320. The van der Waals surface area contributed by atoms with Crippen LogP contribution < -0.4 is 4.74 Å². The third-order valence-corrected chi connectivity index (χ3v) is 6.34. The second kappa shape index (κ2) is 5.82. The molecule has 0 fully saturated rings. The molecule has 104 valence electrons. The first-order valence-corrected chi connectivity index (χ1v) is 8.89. The lowest BCUT2D eigenvalue weighted by Gasteiger charge is -2.19. The van der Waals surface area contributed by atoms with E-state index in [0.29, 0.717) is 12.5 Å². The van der Waals surface area contributed by atoms with Crippen LogP contribution in [0.4, 0.5) is 0 Å². The first-order valence-electron chi connectivity index (χ1n) is 6.39. The number of hydrogen-bond donors (Lipinski definition) is 0. The third-order valence-electron chi connectivity index (χ3n) is 3.67. The number of benzene rings is 2. The maximum atomic E-state index is 5.79. The minimum absolute atomic E-state index is 0.220. The fourth-order valence-electron chi connectivity index (χ4n) is 2.52. The SMILES string of the molecule is Cc1cc(Br)c(C(Br)C2COc3ccccc32)cc1Br. The molecule has 0 aromatic heterocycles. The zero-order valence-electron chi connectivity index (χ0n) is 10.9. The first kappa shape index (κ1) is 14.6. The van der Waals surface area contributed by atoms with Crippen LogP contribution in [0.2, 0.25) is 0 Å². The molecule has 1 aliphatic rings. The van der Waals surface area contributed by atoms with Gasteiger partial charge in [-0.3, -0.25) is 0 Å². The van der Waals surface area contributed by atoms with E-state index in [2.05, 4.69) is 79.0 Å².